The Morgan fingerprint density at radius 2 is 0.839 bits per heavy atom. The van der Waals surface area contributed by atoms with Crippen LogP contribution in [0.25, 0.3) is 0 Å². The second-order valence-electron chi connectivity index (χ2n) is 12.8. The fourth-order valence-corrected chi connectivity index (χ4v) is 5.99. The van der Waals surface area contributed by atoms with Gasteiger partial charge in [-0.2, -0.15) is 0 Å². The maximum absolute atomic E-state index is 12.9. The Balaban J connectivity index is 1.14. The van der Waals surface area contributed by atoms with Gasteiger partial charge >= 0.3 is 35.8 Å². The summed E-state index contributed by atoms with van der Waals surface area (Å²) >= 11 is 0. The first-order valence-electron chi connectivity index (χ1n) is 17.4. The monoisotopic (exact) mass is 784 g/mol. The van der Waals surface area contributed by atoms with E-state index in [-0.39, 0.29) is 62.9 Å². The van der Waals surface area contributed by atoms with Crippen LogP contribution in [0.2, 0.25) is 0 Å². The highest BCUT2D eigenvalue weighted by Gasteiger charge is 2.57. The van der Waals surface area contributed by atoms with Gasteiger partial charge in [0, 0.05) is 52.7 Å². The minimum absolute atomic E-state index is 0.0970. The fraction of sp³-hybridized carbons (Fsp3) is 0.421. The van der Waals surface area contributed by atoms with Gasteiger partial charge in [0.2, 0.25) is 0 Å². The first-order valence-corrected chi connectivity index (χ1v) is 17.4. The summed E-state index contributed by atoms with van der Waals surface area (Å²) in [7, 11) is 2.78. The van der Waals surface area contributed by atoms with E-state index < -0.39 is 82.0 Å². The van der Waals surface area contributed by atoms with E-state index in [2.05, 4.69) is 0 Å². The third-order valence-electron chi connectivity index (χ3n) is 9.09. The number of hydrogen-bond acceptors (Lipinski definition) is 18. The molecule has 18 heteroatoms. The molecule has 0 radical (unpaired) electrons. The second kappa shape index (κ2) is 16.7. The van der Waals surface area contributed by atoms with E-state index in [1.165, 1.54) is 62.8 Å². The van der Waals surface area contributed by atoms with Crippen molar-refractivity contribution in [3.63, 3.8) is 0 Å². The van der Waals surface area contributed by atoms with Crippen molar-refractivity contribution in [2.24, 2.45) is 0 Å². The van der Waals surface area contributed by atoms with Crippen molar-refractivity contribution in [3.05, 3.63) is 94.9 Å². The predicted octanol–water partition coefficient (Wildman–Crippen LogP) is 3.42. The molecule has 5 rings (SSSR count). The third kappa shape index (κ3) is 8.71. The van der Waals surface area contributed by atoms with Crippen LogP contribution in [0.1, 0.15) is 52.4 Å². The smallest absolute Gasteiger partial charge is 0.348 e. The minimum atomic E-state index is -1.69. The van der Waals surface area contributed by atoms with Crippen molar-refractivity contribution in [2.45, 2.75) is 75.5 Å². The zero-order chi connectivity index (χ0) is 40.7. The molecule has 3 fully saturated rings. The number of esters is 6. The van der Waals surface area contributed by atoms with Crippen molar-refractivity contribution < 1.29 is 86.3 Å². The summed E-state index contributed by atoms with van der Waals surface area (Å²) in [6, 6.07) is 0. The van der Waals surface area contributed by atoms with Crippen LogP contribution in [0.4, 0.5) is 0 Å². The van der Waals surface area contributed by atoms with Crippen LogP contribution < -0.4 is 0 Å². The largest absolute Gasteiger partial charge is 0.480 e. The lowest BCUT2D eigenvalue weighted by molar-refractivity contribution is -0.291. The van der Waals surface area contributed by atoms with Crippen molar-refractivity contribution in [3.8, 4) is 0 Å². The number of carbonyl (C=O) groups is 6. The molecule has 5 aliphatic rings. The van der Waals surface area contributed by atoms with Gasteiger partial charge in [0.1, 0.15) is 35.5 Å². The lowest BCUT2D eigenvalue weighted by Crippen LogP contribution is -2.56. The highest BCUT2D eigenvalue weighted by molar-refractivity contribution is 6.16. The average molecular weight is 785 g/mol. The molecule has 2 spiro atoms. The van der Waals surface area contributed by atoms with Crippen LogP contribution in [-0.4, -0.2) is 96.6 Å². The molecule has 0 aromatic carbocycles. The van der Waals surface area contributed by atoms with E-state index in [0.717, 1.165) is 12.2 Å². The molecule has 1 saturated carbocycles. The van der Waals surface area contributed by atoms with Gasteiger partial charge in [0.15, 0.2) is 0 Å². The van der Waals surface area contributed by atoms with E-state index in [4.69, 9.17) is 47.4 Å². The molecule has 300 valence electrons. The summed E-state index contributed by atoms with van der Waals surface area (Å²) in [5.41, 5.74) is -1.38. The molecule has 0 bridgehead atoms. The van der Waals surface area contributed by atoms with E-state index in [1.54, 1.807) is 13.8 Å². The molecule has 2 unspecified atom stereocenters. The highest BCUT2D eigenvalue weighted by Crippen LogP contribution is 2.45. The Labute approximate surface area is 319 Å². The Kier molecular flexibility index (Phi) is 12.2. The topological polar surface area (TPSA) is 235 Å². The zero-order valence-electron chi connectivity index (χ0n) is 30.9. The Morgan fingerprint density at radius 1 is 0.500 bits per heavy atom. The van der Waals surface area contributed by atoms with Crippen LogP contribution in [0.15, 0.2) is 94.9 Å². The maximum Gasteiger partial charge on any atom is 0.348 e. The van der Waals surface area contributed by atoms with Gasteiger partial charge in [0.05, 0.1) is 0 Å². The van der Waals surface area contributed by atoms with Crippen molar-refractivity contribution in [1.29, 1.82) is 0 Å². The number of hydrogen-bond donors (Lipinski definition) is 2. The minimum Gasteiger partial charge on any atom is -0.480 e. The fourth-order valence-electron chi connectivity index (χ4n) is 5.99. The van der Waals surface area contributed by atoms with Gasteiger partial charge in [-0.15, -0.1) is 0 Å². The summed E-state index contributed by atoms with van der Waals surface area (Å²) in [5.74, 6) is -13.2. The predicted molar refractivity (Wildman–Crippen MR) is 184 cm³/mol. The SMILES string of the molecule is CCC1(COC)OC(=O)C(C=CC=CC=C2C(=O)OC3(CCC4(CC3)OC(=O)C(=CC=CC=CC3=C(O)OC(CC)(COC)OC3=O)C(=O)O4)OC2=O)=C(O)O1. The lowest BCUT2D eigenvalue weighted by Gasteiger charge is -2.45. The number of carbonyl (C=O) groups excluding carboxylic acids is 6. The molecule has 2 N–H and O–H groups in total. The Morgan fingerprint density at radius 3 is 1.12 bits per heavy atom. The Bertz CT molecular complexity index is 1720. The molecule has 0 aromatic rings. The summed E-state index contributed by atoms with van der Waals surface area (Å²) < 4.78 is 53.3. The summed E-state index contributed by atoms with van der Waals surface area (Å²) in [4.78, 5) is 76.3. The first-order chi connectivity index (χ1) is 26.7. The summed E-state index contributed by atoms with van der Waals surface area (Å²) in [5, 5.41) is 20.5. The molecule has 56 heavy (non-hydrogen) atoms. The number of cyclic esters (lactones) is 2. The Hall–Kier alpha value is -6.14. The van der Waals surface area contributed by atoms with Crippen molar-refractivity contribution >= 4 is 35.8 Å². The van der Waals surface area contributed by atoms with E-state index in [1.807, 2.05) is 0 Å². The average Bonchev–Trinajstić information content (AvgIpc) is 3.13. The van der Waals surface area contributed by atoms with Gasteiger partial charge < -0.3 is 57.6 Å². The lowest BCUT2D eigenvalue weighted by atomic mass is 9.87. The van der Waals surface area contributed by atoms with Crippen LogP contribution in [-0.2, 0) is 76.1 Å². The van der Waals surface area contributed by atoms with Crippen molar-refractivity contribution in [1.82, 2.24) is 0 Å². The molecular weight excluding hydrogens is 744 g/mol. The van der Waals surface area contributed by atoms with Gasteiger partial charge in [-0.1, -0.05) is 50.3 Å². The van der Waals surface area contributed by atoms with Gasteiger partial charge in [-0.3, -0.25) is 0 Å². The number of ether oxygens (including phenoxy) is 10. The molecule has 0 aromatic heterocycles. The molecule has 2 atom stereocenters. The second-order valence-corrected chi connectivity index (χ2v) is 12.8. The summed E-state index contributed by atoms with van der Waals surface area (Å²) in [6.07, 6.45) is 12.5. The number of aliphatic hydroxyl groups is 2. The third-order valence-corrected chi connectivity index (χ3v) is 9.09. The zero-order valence-corrected chi connectivity index (χ0v) is 30.9. The maximum atomic E-state index is 12.9. The molecule has 0 amide bonds. The number of methoxy groups -OCH3 is 2. The first kappa shape index (κ1) is 41.0. The normalized spacial score (nSPS) is 29.8. The molecular formula is C38H40O18. The number of rotatable bonds is 12. The van der Waals surface area contributed by atoms with Crippen LogP contribution in [0.3, 0.4) is 0 Å². The van der Waals surface area contributed by atoms with E-state index in [0.29, 0.717) is 0 Å². The van der Waals surface area contributed by atoms with Gasteiger partial charge in [0.25, 0.3) is 35.0 Å². The van der Waals surface area contributed by atoms with Crippen LogP contribution >= 0.6 is 0 Å². The molecule has 4 aliphatic heterocycles. The molecule has 2 saturated heterocycles. The van der Waals surface area contributed by atoms with Crippen LogP contribution in [0.5, 0.6) is 0 Å². The highest BCUT2D eigenvalue weighted by atomic mass is 16.8. The molecule has 4 heterocycles. The molecule has 1 aliphatic carbocycles. The van der Waals surface area contributed by atoms with Gasteiger partial charge in [-0.05, 0) is 24.3 Å². The molecule has 18 nitrogen and oxygen atoms in total. The van der Waals surface area contributed by atoms with Crippen LogP contribution in [0, 0.1) is 0 Å². The van der Waals surface area contributed by atoms with E-state index >= 15 is 0 Å². The number of aliphatic hydroxyl groups excluding tert-OH is 2. The quantitative estimate of drug-likeness (QED) is 0.0948. The van der Waals surface area contributed by atoms with Gasteiger partial charge in [-0.25, -0.2) is 28.8 Å². The standard InChI is InChI=1S/C38H40O18/c1-5-35(21-47-3)49-27(39)23(28(40)50-35)13-9-7-11-15-25-31(43)53-37(54-32(25)44)17-19-38(20-18-37)55-33(45)26(34(46)56-38)16-12-8-10-14-24-29(41)51-36(6-2,22-48-4)52-30(24)42/h7-16,39,41H,5-6,17-22H2,1-4H3. The van der Waals surface area contributed by atoms with E-state index in [9.17, 15) is 39.0 Å². The number of allylic oxidation sites excluding steroid dienone is 8. The van der Waals surface area contributed by atoms with Crippen molar-refractivity contribution in [2.75, 3.05) is 27.4 Å². The summed E-state index contributed by atoms with van der Waals surface area (Å²) in [6.45, 7) is 3.19.